The molecule has 0 aliphatic carbocycles. The summed E-state index contributed by atoms with van der Waals surface area (Å²) in [7, 11) is 0. The van der Waals surface area contributed by atoms with E-state index in [0.717, 1.165) is 17.3 Å². The van der Waals surface area contributed by atoms with E-state index >= 15 is 0 Å². The number of ketones is 1. The summed E-state index contributed by atoms with van der Waals surface area (Å²) in [6.07, 6.45) is 3.35. The molecule has 2 aromatic rings. The summed E-state index contributed by atoms with van der Waals surface area (Å²) in [4.78, 5) is 16.3. The highest BCUT2D eigenvalue weighted by Gasteiger charge is 2.11. The molecule has 0 radical (unpaired) electrons. The normalized spacial score (nSPS) is 11.4. The lowest BCUT2D eigenvalue weighted by molar-refractivity contribution is 0.0988. The lowest BCUT2D eigenvalue weighted by atomic mass is 10.00. The van der Waals surface area contributed by atoms with Crippen LogP contribution in [0.25, 0.3) is 5.57 Å². The molecule has 130 valence electrons. The molecule has 3 N–H and O–H groups in total. The number of halogens is 2. The molecule has 2 rings (SSSR count). The van der Waals surface area contributed by atoms with Crippen LogP contribution in [-0.2, 0) is 6.42 Å². The number of benzene rings is 1. The molecule has 0 bridgehead atoms. The van der Waals surface area contributed by atoms with Crippen molar-refractivity contribution >= 4 is 39.9 Å². The molecule has 1 aromatic carbocycles. The summed E-state index contributed by atoms with van der Waals surface area (Å²) in [6.45, 7) is 1.78. The minimum absolute atomic E-state index is 0.0133. The quantitative estimate of drug-likeness (QED) is 0.446. The standard InChI is InChI=1S/C18H17ClFN3OS/c1-11(6-7-25-18(21)22)14-8-12(2-4-15(14)20)9-17(24)16-5-3-13(19)10-23-16/h2-6,8,10H,7,9H2,1H3,(H3,21,22)/b11-6+. The van der Waals surface area contributed by atoms with E-state index < -0.39 is 0 Å². The number of amidine groups is 1. The topological polar surface area (TPSA) is 79.8 Å². The highest BCUT2D eigenvalue weighted by Crippen LogP contribution is 2.21. The summed E-state index contributed by atoms with van der Waals surface area (Å²) in [6, 6.07) is 7.77. The van der Waals surface area contributed by atoms with Crippen LogP contribution in [0.5, 0.6) is 0 Å². The van der Waals surface area contributed by atoms with E-state index in [-0.39, 0.29) is 23.2 Å². The van der Waals surface area contributed by atoms with Gasteiger partial charge in [0.05, 0.1) is 5.02 Å². The number of nitrogens with one attached hydrogen (secondary N) is 1. The summed E-state index contributed by atoms with van der Waals surface area (Å²) in [5.74, 6) is -0.0382. The molecule has 1 aromatic heterocycles. The number of rotatable bonds is 6. The van der Waals surface area contributed by atoms with Gasteiger partial charge in [0.1, 0.15) is 11.5 Å². The number of nitrogens with two attached hydrogens (primary N) is 1. The van der Waals surface area contributed by atoms with Crippen LogP contribution in [0.4, 0.5) is 4.39 Å². The fraction of sp³-hybridized carbons (Fsp3) is 0.167. The zero-order valence-electron chi connectivity index (χ0n) is 13.6. The monoisotopic (exact) mass is 377 g/mol. The van der Waals surface area contributed by atoms with Crippen LogP contribution in [0.15, 0.2) is 42.6 Å². The molecule has 7 heteroatoms. The van der Waals surface area contributed by atoms with E-state index in [1.165, 1.54) is 12.3 Å². The van der Waals surface area contributed by atoms with Crippen LogP contribution in [-0.4, -0.2) is 21.7 Å². The Hall–Kier alpha value is -2.18. The summed E-state index contributed by atoms with van der Waals surface area (Å²) in [5.41, 5.74) is 7.46. The van der Waals surface area contributed by atoms with Crippen LogP contribution in [0.3, 0.4) is 0 Å². The summed E-state index contributed by atoms with van der Waals surface area (Å²) >= 11 is 6.93. The lowest BCUT2D eigenvalue weighted by Gasteiger charge is -2.08. The first-order valence-electron chi connectivity index (χ1n) is 7.44. The maximum atomic E-state index is 14.1. The summed E-state index contributed by atoms with van der Waals surface area (Å²) < 4.78 is 14.1. The average molecular weight is 378 g/mol. The summed E-state index contributed by atoms with van der Waals surface area (Å²) in [5, 5.41) is 7.65. The zero-order valence-corrected chi connectivity index (χ0v) is 15.1. The van der Waals surface area contributed by atoms with Gasteiger partial charge >= 0.3 is 0 Å². The van der Waals surface area contributed by atoms with Crippen molar-refractivity contribution < 1.29 is 9.18 Å². The molecule has 0 unspecified atom stereocenters. The zero-order chi connectivity index (χ0) is 18.4. The number of carbonyl (C=O) groups excluding carboxylic acids is 1. The number of Topliss-reactive ketones (excluding diaryl/α,β-unsaturated/α-hetero) is 1. The average Bonchev–Trinajstić information content (AvgIpc) is 2.56. The number of hydrogen-bond donors (Lipinski definition) is 2. The van der Waals surface area contributed by atoms with E-state index in [9.17, 15) is 9.18 Å². The van der Waals surface area contributed by atoms with E-state index in [0.29, 0.717) is 27.6 Å². The number of pyridine rings is 1. The first kappa shape index (κ1) is 19.1. The highest BCUT2D eigenvalue weighted by molar-refractivity contribution is 8.13. The molecule has 0 aliphatic rings. The van der Waals surface area contributed by atoms with Gasteiger partial charge in [0, 0.05) is 23.9 Å². The second-order valence-corrected chi connectivity index (χ2v) is 6.84. The van der Waals surface area contributed by atoms with Gasteiger partial charge in [0.25, 0.3) is 0 Å². The maximum Gasteiger partial charge on any atom is 0.185 e. The Kier molecular flexibility index (Phi) is 6.73. The number of aromatic nitrogens is 1. The van der Waals surface area contributed by atoms with Crippen molar-refractivity contribution in [2.75, 3.05) is 5.75 Å². The smallest absolute Gasteiger partial charge is 0.185 e. The number of hydrogen-bond acceptors (Lipinski definition) is 4. The number of allylic oxidation sites excluding steroid dienone is 1. The van der Waals surface area contributed by atoms with Crippen LogP contribution >= 0.6 is 23.4 Å². The van der Waals surface area contributed by atoms with Crippen LogP contribution < -0.4 is 5.73 Å². The number of thioether (sulfide) groups is 1. The third kappa shape index (κ3) is 5.69. The molecule has 0 saturated heterocycles. The minimum atomic E-state index is -0.359. The van der Waals surface area contributed by atoms with E-state index in [4.69, 9.17) is 22.7 Å². The van der Waals surface area contributed by atoms with Crippen molar-refractivity contribution in [1.29, 1.82) is 5.41 Å². The number of carbonyl (C=O) groups is 1. The Balaban J connectivity index is 2.16. The molecule has 1 heterocycles. The predicted octanol–water partition coefficient (Wildman–Crippen LogP) is 4.33. The largest absolute Gasteiger partial charge is 0.379 e. The maximum absolute atomic E-state index is 14.1. The van der Waals surface area contributed by atoms with Crippen molar-refractivity contribution in [3.8, 4) is 0 Å². The minimum Gasteiger partial charge on any atom is -0.379 e. The Bertz CT molecular complexity index is 822. The van der Waals surface area contributed by atoms with Crippen LogP contribution in [0.2, 0.25) is 5.02 Å². The Morgan fingerprint density at radius 1 is 1.40 bits per heavy atom. The van der Waals surface area contributed by atoms with Crippen molar-refractivity contribution in [1.82, 2.24) is 4.98 Å². The third-order valence-corrected chi connectivity index (χ3v) is 4.33. The molecule has 0 aliphatic heterocycles. The van der Waals surface area contributed by atoms with Gasteiger partial charge in [-0.15, -0.1) is 0 Å². The lowest BCUT2D eigenvalue weighted by Crippen LogP contribution is -2.06. The molecular weight excluding hydrogens is 361 g/mol. The van der Waals surface area contributed by atoms with Gasteiger partial charge < -0.3 is 5.73 Å². The first-order chi connectivity index (χ1) is 11.9. The molecule has 0 atom stereocenters. The molecule has 25 heavy (non-hydrogen) atoms. The van der Waals surface area contributed by atoms with Crippen LogP contribution in [0.1, 0.15) is 28.5 Å². The van der Waals surface area contributed by atoms with E-state index in [2.05, 4.69) is 4.98 Å². The predicted molar refractivity (Wildman–Crippen MR) is 102 cm³/mol. The first-order valence-corrected chi connectivity index (χ1v) is 8.80. The fourth-order valence-electron chi connectivity index (χ4n) is 2.17. The van der Waals surface area contributed by atoms with Crippen molar-refractivity contribution in [3.05, 3.63) is 70.3 Å². The third-order valence-electron chi connectivity index (χ3n) is 3.46. The van der Waals surface area contributed by atoms with Gasteiger partial charge in [-0.05, 0) is 42.3 Å². The number of nitrogens with zero attached hydrogens (tertiary/aromatic N) is 1. The second kappa shape index (κ2) is 8.78. The molecular formula is C18H17ClFN3OS. The SMILES string of the molecule is C/C(=C\CSC(=N)N)c1cc(CC(=O)c2ccc(Cl)cn2)ccc1F. The Labute approximate surface area is 154 Å². The highest BCUT2D eigenvalue weighted by atomic mass is 35.5. The van der Waals surface area contributed by atoms with Gasteiger partial charge in [-0.2, -0.15) is 0 Å². The van der Waals surface area contributed by atoms with Crippen molar-refractivity contribution in [2.24, 2.45) is 5.73 Å². The van der Waals surface area contributed by atoms with Crippen LogP contribution in [0, 0.1) is 11.2 Å². The van der Waals surface area contributed by atoms with Gasteiger partial charge in [0.2, 0.25) is 0 Å². The fourth-order valence-corrected chi connectivity index (χ4v) is 2.79. The molecule has 0 fully saturated rings. The molecule has 0 saturated carbocycles. The van der Waals surface area contributed by atoms with Gasteiger partial charge in [-0.1, -0.05) is 35.5 Å². The van der Waals surface area contributed by atoms with E-state index in [1.54, 1.807) is 37.3 Å². The Morgan fingerprint density at radius 2 is 2.16 bits per heavy atom. The van der Waals surface area contributed by atoms with Gasteiger partial charge in [-0.25, -0.2) is 4.39 Å². The van der Waals surface area contributed by atoms with Crippen molar-refractivity contribution in [2.45, 2.75) is 13.3 Å². The van der Waals surface area contributed by atoms with Crippen molar-refractivity contribution in [3.63, 3.8) is 0 Å². The Morgan fingerprint density at radius 3 is 2.80 bits per heavy atom. The molecule has 0 amide bonds. The molecule has 0 spiro atoms. The van der Waals surface area contributed by atoms with E-state index in [1.807, 2.05) is 0 Å². The van der Waals surface area contributed by atoms with Gasteiger partial charge in [0.15, 0.2) is 11.0 Å². The van der Waals surface area contributed by atoms with Gasteiger partial charge in [-0.3, -0.25) is 15.2 Å². The second-order valence-electron chi connectivity index (χ2n) is 5.34. The molecule has 4 nitrogen and oxygen atoms in total.